The summed E-state index contributed by atoms with van der Waals surface area (Å²) in [7, 11) is 4.64. The number of anilines is 1. The summed E-state index contributed by atoms with van der Waals surface area (Å²) in [4.78, 5) is 12.2. The van der Waals surface area contributed by atoms with Crippen LogP contribution >= 0.6 is 0 Å². The standard InChI is InChI=1S/C23H30N2O6/c1-6-16(15-11-20(29-4)22(30-5)21(12-15)31-7-2)14-8-9-19(28-3)18(10-14)25-23(27)17(24)13-26/h6,8-12,17,26H,7,13,24H2,1-5H3,(H,25,27). The summed E-state index contributed by atoms with van der Waals surface area (Å²) in [6, 6.07) is 8.13. The van der Waals surface area contributed by atoms with Crippen LogP contribution in [0.15, 0.2) is 36.4 Å². The normalized spacial score (nSPS) is 12.2. The molecule has 8 nitrogen and oxygen atoms in total. The number of benzene rings is 2. The predicted molar refractivity (Wildman–Crippen MR) is 120 cm³/mol. The van der Waals surface area contributed by atoms with E-state index in [0.717, 1.165) is 16.7 Å². The third-order valence-electron chi connectivity index (χ3n) is 4.65. The van der Waals surface area contributed by atoms with E-state index in [1.165, 1.54) is 7.11 Å². The van der Waals surface area contributed by atoms with E-state index in [9.17, 15) is 4.79 Å². The zero-order chi connectivity index (χ0) is 23.0. The van der Waals surface area contributed by atoms with Gasteiger partial charge in [0.15, 0.2) is 11.5 Å². The number of aliphatic hydroxyl groups excluding tert-OH is 1. The minimum atomic E-state index is -1.03. The van der Waals surface area contributed by atoms with Gasteiger partial charge in [0, 0.05) is 0 Å². The molecule has 0 heterocycles. The van der Waals surface area contributed by atoms with Crippen molar-refractivity contribution < 1.29 is 28.8 Å². The average Bonchev–Trinajstić information content (AvgIpc) is 2.79. The topological polar surface area (TPSA) is 112 Å². The quantitative estimate of drug-likeness (QED) is 0.531. The Morgan fingerprint density at radius 1 is 1.06 bits per heavy atom. The molecule has 0 bridgehead atoms. The summed E-state index contributed by atoms with van der Waals surface area (Å²) in [5.41, 5.74) is 8.62. The van der Waals surface area contributed by atoms with Crippen molar-refractivity contribution in [3.8, 4) is 23.0 Å². The van der Waals surface area contributed by atoms with Crippen LogP contribution in [-0.4, -0.2) is 51.6 Å². The minimum absolute atomic E-state index is 0.443. The van der Waals surface area contributed by atoms with Crippen molar-refractivity contribution in [3.05, 3.63) is 47.5 Å². The van der Waals surface area contributed by atoms with Crippen molar-refractivity contribution in [2.24, 2.45) is 5.73 Å². The molecule has 0 saturated carbocycles. The lowest BCUT2D eigenvalue weighted by Gasteiger charge is -2.18. The van der Waals surface area contributed by atoms with Gasteiger partial charge in [-0.3, -0.25) is 4.79 Å². The van der Waals surface area contributed by atoms with Crippen LogP contribution in [-0.2, 0) is 4.79 Å². The highest BCUT2D eigenvalue weighted by Crippen LogP contribution is 2.42. The molecule has 1 amide bonds. The number of nitrogens with one attached hydrogen (secondary N) is 1. The number of hydrogen-bond donors (Lipinski definition) is 3. The average molecular weight is 431 g/mol. The summed E-state index contributed by atoms with van der Waals surface area (Å²) in [6.45, 7) is 3.82. The van der Waals surface area contributed by atoms with Gasteiger partial charge in [-0.15, -0.1) is 0 Å². The van der Waals surface area contributed by atoms with Crippen LogP contribution in [0, 0.1) is 0 Å². The summed E-state index contributed by atoms with van der Waals surface area (Å²) >= 11 is 0. The number of methoxy groups -OCH3 is 3. The molecule has 0 fully saturated rings. The van der Waals surface area contributed by atoms with Gasteiger partial charge in [0.05, 0.1) is 40.2 Å². The van der Waals surface area contributed by atoms with Crippen LogP contribution < -0.4 is 30.0 Å². The number of aliphatic hydroxyl groups is 1. The van der Waals surface area contributed by atoms with E-state index in [1.54, 1.807) is 26.4 Å². The molecule has 0 radical (unpaired) electrons. The molecular formula is C23H30N2O6. The lowest BCUT2D eigenvalue weighted by molar-refractivity contribution is -0.118. The monoisotopic (exact) mass is 430 g/mol. The van der Waals surface area contributed by atoms with Crippen LogP contribution in [0.2, 0.25) is 0 Å². The fourth-order valence-electron chi connectivity index (χ4n) is 3.13. The molecule has 2 aromatic rings. The first-order chi connectivity index (χ1) is 14.9. The third-order valence-corrected chi connectivity index (χ3v) is 4.65. The Kier molecular flexibility index (Phi) is 8.72. The fraction of sp³-hybridized carbons (Fsp3) is 0.348. The number of carbonyl (C=O) groups is 1. The van der Waals surface area contributed by atoms with E-state index >= 15 is 0 Å². The van der Waals surface area contributed by atoms with Crippen LogP contribution in [0.25, 0.3) is 5.57 Å². The van der Waals surface area contributed by atoms with E-state index in [2.05, 4.69) is 5.32 Å². The molecule has 0 aliphatic heterocycles. The van der Waals surface area contributed by atoms with Crippen LogP contribution in [0.4, 0.5) is 5.69 Å². The molecule has 1 unspecified atom stereocenters. The Labute approximate surface area is 182 Å². The van der Waals surface area contributed by atoms with Crippen molar-refractivity contribution >= 4 is 17.2 Å². The van der Waals surface area contributed by atoms with Gasteiger partial charge in [-0.05, 0) is 54.8 Å². The van der Waals surface area contributed by atoms with E-state index in [-0.39, 0.29) is 0 Å². The van der Waals surface area contributed by atoms with Gasteiger partial charge >= 0.3 is 0 Å². The number of rotatable bonds is 10. The van der Waals surface area contributed by atoms with E-state index < -0.39 is 18.6 Å². The van der Waals surface area contributed by atoms with E-state index in [4.69, 9.17) is 29.8 Å². The Morgan fingerprint density at radius 3 is 2.29 bits per heavy atom. The molecule has 4 N–H and O–H groups in total. The number of nitrogens with two attached hydrogens (primary N) is 1. The molecule has 0 aliphatic rings. The maximum absolute atomic E-state index is 12.2. The zero-order valence-corrected chi connectivity index (χ0v) is 18.5. The molecular weight excluding hydrogens is 400 g/mol. The van der Waals surface area contributed by atoms with Gasteiger partial charge in [-0.1, -0.05) is 12.1 Å². The highest BCUT2D eigenvalue weighted by molar-refractivity contribution is 5.97. The van der Waals surface area contributed by atoms with Crippen molar-refractivity contribution in [1.82, 2.24) is 0 Å². The molecule has 0 aliphatic carbocycles. The van der Waals surface area contributed by atoms with E-state index in [0.29, 0.717) is 35.3 Å². The van der Waals surface area contributed by atoms with E-state index in [1.807, 2.05) is 38.1 Å². The van der Waals surface area contributed by atoms with Crippen molar-refractivity contribution in [1.29, 1.82) is 0 Å². The lowest BCUT2D eigenvalue weighted by Crippen LogP contribution is -2.38. The van der Waals surface area contributed by atoms with Gasteiger partial charge in [0.2, 0.25) is 11.7 Å². The number of allylic oxidation sites excluding steroid dienone is 1. The number of hydrogen-bond acceptors (Lipinski definition) is 7. The molecule has 0 aromatic heterocycles. The Balaban J connectivity index is 2.55. The Hall–Kier alpha value is -3.23. The molecule has 1 atom stereocenters. The lowest BCUT2D eigenvalue weighted by atomic mass is 9.96. The Morgan fingerprint density at radius 2 is 1.74 bits per heavy atom. The number of carbonyl (C=O) groups excluding carboxylic acids is 1. The first-order valence-electron chi connectivity index (χ1n) is 9.85. The maximum Gasteiger partial charge on any atom is 0.243 e. The molecule has 168 valence electrons. The summed E-state index contributed by atoms with van der Waals surface area (Å²) in [5, 5.41) is 11.9. The molecule has 2 rings (SSSR count). The first-order valence-corrected chi connectivity index (χ1v) is 9.85. The second kappa shape index (κ2) is 11.2. The van der Waals surface area contributed by atoms with Gasteiger partial charge in [0.1, 0.15) is 11.8 Å². The third kappa shape index (κ3) is 5.48. The molecule has 31 heavy (non-hydrogen) atoms. The first kappa shape index (κ1) is 24.0. The van der Waals surface area contributed by atoms with Gasteiger partial charge < -0.3 is 35.1 Å². The van der Waals surface area contributed by atoms with Crippen molar-refractivity contribution in [2.45, 2.75) is 19.9 Å². The minimum Gasteiger partial charge on any atom is -0.495 e. The molecule has 0 spiro atoms. The number of ether oxygens (including phenoxy) is 4. The van der Waals surface area contributed by atoms with Gasteiger partial charge in [-0.25, -0.2) is 0 Å². The van der Waals surface area contributed by atoms with Crippen molar-refractivity contribution in [2.75, 3.05) is 39.9 Å². The molecule has 0 saturated heterocycles. The van der Waals surface area contributed by atoms with Crippen LogP contribution in [0.1, 0.15) is 25.0 Å². The smallest absolute Gasteiger partial charge is 0.243 e. The second-order valence-corrected chi connectivity index (χ2v) is 6.54. The largest absolute Gasteiger partial charge is 0.495 e. The maximum atomic E-state index is 12.2. The van der Waals surface area contributed by atoms with Crippen molar-refractivity contribution in [3.63, 3.8) is 0 Å². The van der Waals surface area contributed by atoms with Gasteiger partial charge in [0.25, 0.3) is 0 Å². The zero-order valence-electron chi connectivity index (χ0n) is 18.5. The summed E-state index contributed by atoms with van der Waals surface area (Å²) in [5.74, 6) is 1.59. The Bertz CT molecular complexity index is 942. The van der Waals surface area contributed by atoms with Gasteiger partial charge in [-0.2, -0.15) is 0 Å². The predicted octanol–water partition coefficient (Wildman–Crippen LogP) is 2.82. The van der Waals surface area contributed by atoms with Crippen LogP contribution in [0.5, 0.6) is 23.0 Å². The molecule has 2 aromatic carbocycles. The number of amides is 1. The highest BCUT2D eigenvalue weighted by atomic mass is 16.5. The SMILES string of the molecule is CC=C(c1ccc(OC)c(NC(=O)C(N)CO)c1)c1cc(OC)c(OC)c(OCC)c1. The molecule has 8 heteroatoms. The van der Waals surface area contributed by atoms with Crippen LogP contribution in [0.3, 0.4) is 0 Å². The summed E-state index contributed by atoms with van der Waals surface area (Å²) < 4.78 is 22.1. The summed E-state index contributed by atoms with van der Waals surface area (Å²) in [6.07, 6.45) is 1.95. The second-order valence-electron chi connectivity index (χ2n) is 6.54. The highest BCUT2D eigenvalue weighted by Gasteiger charge is 2.19. The fourth-order valence-corrected chi connectivity index (χ4v) is 3.13.